The molecule has 0 aliphatic carbocycles. The normalized spacial score (nSPS) is 10.9. The first-order valence-corrected chi connectivity index (χ1v) is 10.2. The molecule has 4 rings (SSSR count). The molecule has 0 saturated carbocycles. The smallest absolute Gasteiger partial charge is 0.426 e. The van der Waals surface area contributed by atoms with E-state index < -0.39 is 6.09 Å². The summed E-state index contributed by atoms with van der Waals surface area (Å²) >= 11 is 0. The first kappa shape index (κ1) is 22.4. The Bertz CT molecular complexity index is 1270. The average molecular weight is 459 g/mol. The van der Waals surface area contributed by atoms with Crippen LogP contribution < -0.4 is 9.64 Å². The van der Waals surface area contributed by atoms with Crippen LogP contribution in [-0.2, 0) is 16.3 Å². The van der Waals surface area contributed by atoms with Crippen LogP contribution in [0.3, 0.4) is 0 Å². The highest BCUT2D eigenvalue weighted by atomic mass is 16.6. The second-order valence-corrected chi connectivity index (χ2v) is 7.19. The van der Waals surface area contributed by atoms with Crippen molar-refractivity contribution in [2.45, 2.75) is 6.73 Å². The van der Waals surface area contributed by atoms with Gasteiger partial charge < -0.3 is 14.4 Å². The zero-order valence-electron chi connectivity index (χ0n) is 18.5. The minimum Gasteiger partial charge on any atom is -0.446 e. The quantitative estimate of drug-likeness (QED) is 0.223. The van der Waals surface area contributed by atoms with Crippen molar-refractivity contribution in [2.75, 3.05) is 19.0 Å². The molecule has 2 aromatic heterocycles. The molecule has 2 aromatic carbocycles. The fourth-order valence-corrected chi connectivity index (χ4v) is 3.06. The van der Waals surface area contributed by atoms with E-state index in [0.717, 1.165) is 0 Å². The fraction of sp³-hybridized carbons (Fsp3) is 0.130. The van der Waals surface area contributed by atoms with E-state index >= 15 is 0 Å². The Hall–Kier alpha value is -4.80. The SMILES string of the molecule is CN(C)/C=N/c1nc(OC(=O)N(c2ccccc2)c2ccccc2)nc2c1ncn2COC=O. The number of ether oxygens (including phenoxy) is 2. The maximum Gasteiger partial charge on any atom is 0.426 e. The molecule has 0 atom stereocenters. The largest absolute Gasteiger partial charge is 0.446 e. The predicted molar refractivity (Wildman–Crippen MR) is 125 cm³/mol. The van der Waals surface area contributed by atoms with Gasteiger partial charge in [-0.3, -0.25) is 9.36 Å². The number of aliphatic imine (C=N–C) groups is 1. The second kappa shape index (κ2) is 10.2. The van der Waals surface area contributed by atoms with Crippen LogP contribution in [0.2, 0.25) is 0 Å². The summed E-state index contributed by atoms with van der Waals surface area (Å²) < 4.78 is 11.9. The van der Waals surface area contributed by atoms with Crippen molar-refractivity contribution in [3.8, 4) is 6.01 Å². The molecule has 0 unspecified atom stereocenters. The van der Waals surface area contributed by atoms with Gasteiger partial charge >= 0.3 is 12.1 Å². The Morgan fingerprint density at radius 1 is 1.03 bits per heavy atom. The van der Waals surface area contributed by atoms with E-state index in [-0.39, 0.29) is 24.2 Å². The Kier molecular flexibility index (Phi) is 6.73. The van der Waals surface area contributed by atoms with Gasteiger partial charge in [0.1, 0.15) is 0 Å². The van der Waals surface area contributed by atoms with E-state index in [2.05, 4.69) is 19.9 Å². The summed E-state index contributed by atoms with van der Waals surface area (Å²) in [4.78, 5) is 44.3. The summed E-state index contributed by atoms with van der Waals surface area (Å²) in [5.41, 5.74) is 1.86. The third-order valence-corrected chi connectivity index (χ3v) is 4.51. The minimum absolute atomic E-state index is 0.124. The number of nitrogens with zero attached hydrogens (tertiary/aromatic N) is 7. The topological polar surface area (TPSA) is 115 Å². The van der Waals surface area contributed by atoms with E-state index in [1.165, 1.54) is 22.1 Å². The van der Waals surface area contributed by atoms with E-state index in [9.17, 15) is 9.59 Å². The summed E-state index contributed by atoms with van der Waals surface area (Å²) in [5, 5.41) is 0. The van der Waals surface area contributed by atoms with Gasteiger partial charge in [-0.1, -0.05) is 36.4 Å². The lowest BCUT2D eigenvalue weighted by atomic mass is 10.2. The van der Waals surface area contributed by atoms with Gasteiger partial charge in [0, 0.05) is 14.1 Å². The number of fused-ring (bicyclic) bond motifs is 1. The first-order chi connectivity index (χ1) is 16.6. The molecule has 0 spiro atoms. The Labute approximate surface area is 194 Å². The standard InChI is InChI=1S/C23H21N7O4/c1-28(2)13-25-20-19-21(29(14-24-19)15-33-16-31)27-22(26-20)34-23(32)30(17-9-5-3-6-10-17)18-11-7-4-8-12-18/h3-14,16H,15H2,1-2H3/b25-13+. The number of anilines is 2. The molecule has 0 bridgehead atoms. The van der Waals surface area contributed by atoms with Crippen LogP contribution >= 0.6 is 0 Å². The van der Waals surface area contributed by atoms with E-state index in [1.807, 2.05) is 36.4 Å². The molecule has 34 heavy (non-hydrogen) atoms. The van der Waals surface area contributed by atoms with Crippen LogP contribution in [-0.4, -0.2) is 57.4 Å². The van der Waals surface area contributed by atoms with E-state index in [4.69, 9.17) is 9.47 Å². The van der Waals surface area contributed by atoms with Gasteiger partial charge in [0.25, 0.3) is 6.47 Å². The molecule has 0 fully saturated rings. The molecule has 0 aliphatic rings. The molecular formula is C23H21N7O4. The van der Waals surface area contributed by atoms with Gasteiger partial charge in [-0.15, -0.1) is 0 Å². The number of rotatable bonds is 8. The minimum atomic E-state index is -0.713. The number of carbonyl (C=O) groups is 2. The summed E-state index contributed by atoms with van der Waals surface area (Å²) in [6, 6.07) is 17.9. The van der Waals surface area contributed by atoms with E-state index in [1.54, 1.807) is 43.3 Å². The molecule has 172 valence electrons. The Balaban J connectivity index is 1.74. The van der Waals surface area contributed by atoms with Crippen LogP contribution in [0.1, 0.15) is 0 Å². The molecular weight excluding hydrogens is 438 g/mol. The number of hydrogen-bond acceptors (Lipinski definition) is 8. The zero-order chi connectivity index (χ0) is 23.9. The highest BCUT2D eigenvalue weighted by Gasteiger charge is 2.23. The lowest BCUT2D eigenvalue weighted by Crippen LogP contribution is -2.29. The molecule has 11 heteroatoms. The molecule has 1 amide bonds. The average Bonchev–Trinajstić information content (AvgIpc) is 3.25. The number of amides is 1. The van der Waals surface area contributed by atoms with Crippen molar-refractivity contribution < 1.29 is 19.1 Å². The number of benzene rings is 2. The van der Waals surface area contributed by atoms with Crippen molar-refractivity contribution in [2.24, 2.45) is 4.99 Å². The second-order valence-electron chi connectivity index (χ2n) is 7.19. The maximum atomic E-state index is 13.3. The highest BCUT2D eigenvalue weighted by molar-refractivity contribution is 5.97. The molecule has 0 radical (unpaired) electrons. The van der Waals surface area contributed by atoms with Crippen LogP contribution in [0, 0.1) is 0 Å². The van der Waals surface area contributed by atoms with E-state index in [0.29, 0.717) is 23.4 Å². The summed E-state index contributed by atoms with van der Waals surface area (Å²) in [6.07, 6.45) is 2.26. The van der Waals surface area contributed by atoms with Gasteiger partial charge in [0.05, 0.1) is 24.0 Å². The molecule has 0 saturated heterocycles. The first-order valence-electron chi connectivity index (χ1n) is 10.2. The molecule has 11 nitrogen and oxygen atoms in total. The van der Waals surface area contributed by atoms with Gasteiger partial charge in [-0.25, -0.2) is 19.7 Å². The fourth-order valence-electron chi connectivity index (χ4n) is 3.06. The summed E-state index contributed by atoms with van der Waals surface area (Å²) in [6.45, 7) is 0.193. The number of para-hydroxylation sites is 2. The van der Waals surface area contributed by atoms with Gasteiger partial charge in [-0.05, 0) is 24.3 Å². The number of hydrogen-bond donors (Lipinski definition) is 0. The molecule has 0 aliphatic heterocycles. The lowest BCUT2D eigenvalue weighted by molar-refractivity contribution is -0.131. The van der Waals surface area contributed by atoms with Gasteiger partial charge in [0.15, 0.2) is 23.7 Å². The van der Waals surface area contributed by atoms with Crippen molar-refractivity contribution in [1.82, 2.24) is 24.4 Å². The van der Waals surface area contributed by atoms with Gasteiger partial charge in [-0.2, -0.15) is 9.97 Å². The molecule has 2 heterocycles. The lowest BCUT2D eigenvalue weighted by Gasteiger charge is -2.21. The van der Waals surface area contributed by atoms with Crippen molar-refractivity contribution in [3.05, 3.63) is 67.0 Å². The predicted octanol–water partition coefficient (Wildman–Crippen LogP) is 3.52. The van der Waals surface area contributed by atoms with Gasteiger partial charge in [0.2, 0.25) is 0 Å². The third kappa shape index (κ3) is 4.99. The highest BCUT2D eigenvalue weighted by Crippen LogP contribution is 2.28. The summed E-state index contributed by atoms with van der Waals surface area (Å²) in [7, 11) is 3.61. The van der Waals surface area contributed by atoms with Crippen LogP contribution in [0.15, 0.2) is 72.0 Å². The van der Waals surface area contributed by atoms with Crippen LogP contribution in [0.4, 0.5) is 22.0 Å². The maximum absolute atomic E-state index is 13.3. The number of carbonyl (C=O) groups excluding carboxylic acids is 2. The van der Waals surface area contributed by atoms with Crippen LogP contribution in [0.25, 0.3) is 11.2 Å². The number of imidazole rings is 1. The Morgan fingerprint density at radius 3 is 2.26 bits per heavy atom. The Morgan fingerprint density at radius 2 is 1.68 bits per heavy atom. The zero-order valence-corrected chi connectivity index (χ0v) is 18.5. The van der Waals surface area contributed by atoms with Crippen molar-refractivity contribution >= 4 is 47.3 Å². The van der Waals surface area contributed by atoms with Crippen molar-refractivity contribution in [3.63, 3.8) is 0 Å². The van der Waals surface area contributed by atoms with Crippen molar-refractivity contribution in [1.29, 1.82) is 0 Å². The van der Waals surface area contributed by atoms with Crippen LogP contribution in [0.5, 0.6) is 6.01 Å². The molecule has 4 aromatic rings. The molecule has 0 N–H and O–H groups in total. The monoisotopic (exact) mass is 459 g/mol. The summed E-state index contributed by atoms with van der Waals surface area (Å²) in [5.74, 6) is 0.192. The third-order valence-electron chi connectivity index (χ3n) is 4.51. The number of aromatic nitrogens is 4.